The molecular weight excluding hydrogens is 361 g/mol. The van der Waals surface area contributed by atoms with Crippen LogP contribution in [0.2, 0.25) is 0 Å². The van der Waals surface area contributed by atoms with Gasteiger partial charge in [0, 0.05) is 6.20 Å². The second-order valence-corrected chi connectivity index (χ2v) is 8.53. The highest BCUT2D eigenvalue weighted by molar-refractivity contribution is 7.48. The Balaban J connectivity index is 1.90. The maximum absolute atomic E-state index is 12.6. The summed E-state index contributed by atoms with van der Waals surface area (Å²) in [5.74, 6) is 0.0948. The highest BCUT2D eigenvalue weighted by Crippen LogP contribution is 2.60. The third kappa shape index (κ3) is 3.12. The van der Waals surface area contributed by atoms with Crippen LogP contribution in [0, 0.1) is 0 Å². The molecule has 0 radical (unpaired) electrons. The van der Waals surface area contributed by atoms with E-state index in [0.717, 1.165) is 0 Å². The summed E-state index contributed by atoms with van der Waals surface area (Å²) in [6.07, 6.45) is -1.18. The van der Waals surface area contributed by atoms with E-state index < -0.39 is 36.8 Å². The molecule has 0 saturated carbocycles. The van der Waals surface area contributed by atoms with Gasteiger partial charge >= 0.3 is 13.5 Å². The lowest BCUT2D eigenvalue weighted by molar-refractivity contribution is -0.0748. The number of rotatable bonds is 3. The van der Waals surface area contributed by atoms with Gasteiger partial charge in [-0.25, -0.2) is 9.36 Å². The third-order valence-electron chi connectivity index (χ3n) is 3.76. The summed E-state index contributed by atoms with van der Waals surface area (Å²) in [6, 6.07) is 1.46. The number of aromatic nitrogens is 2. The van der Waals surface area contributed by atoms with E-state index in [-0.39, 0.29) is 18.5 Å². The number of nitrogens with two attached hydrogens (primary N) is 1. The molecule has 134 valence electrons. The predicted octanol–water partition coefficient (Wildman–Crippen LogP) is 1.67. The van der Waals surface area contributed by atoms with Crippen molar-refractivity contribution in [2.24, 2.45) is 0 Å². The minimum atomic E-state index is -3.74. The molecule has 2 aliphatic rings. The largest absolute Gasteiger partial charge is 0.475 e. The van der Waals surface area contributed by atoms with Crippen LogP contribution in [-0.2, 0) is 22.9 Å². The van der Waals surface area contributed by atoms with Crippen molar-refractivity contribution in [1.29, 1.82) is 0 Å². The minimum absolute atomic E-state index is 0.0232. The zero-order chi connectivity index (χ0) is 17.7. The number of phosphoric acid groups is 1. The SMILES string of the molecule is CC(C)O[P@]1(=O)OC[C@H]2O[C@@H](n3ccc(N)nc3=O)[C@](C)(Cl)[C@@H]2O1. The van der Waals surface area contributed by atoms with Crippen molar-refractivity contribution in [3.8, 4) is 0 Å². The third-order valence-corrected chi connectivity index (χ3v) is 5.80. The van der Waals surface area contributed by atoms with Gasteiger partial charge in [-0.2, -0.15) is 4.98 Å². The van der Waals surface area contributed by atoms with Gasteiger partial charge in [0.25, 0.3) is 0 Å². The standard InChI is InChI=1S/C13H19ClN3O6P/c1-7(2)22-24(19)20-6-8-10(23-24)13(3,14)11(21-8)17-5-4-9(15)16-12(17)18/h4-5,7-8,10-11H,6H2,1-3H3,(H2,15,16,18)/t8-,10-,11-,13-,24+/m1/s1. The highest BCUT2D eigenvalue weighted by Gasteiger charge is 2.60. The monoisotopic (exact) mass is 379 g/mol. The van der Waals surface area contributed by atoms with Crippen LogP contribution in [0.25, 0.3) is 0 Å². The van der Waals surface area contributed by atoms with Gasteiger partial charge in [-0.3, -0.25) is 18.1 Å². The second-order valence-electron chi connectivity index (χ2n) is 6.14. The van der Waals surface area contributed by atoms with Gasteiger partial charge in [-0.1, -0.05) is 0 Å². The summed E-state index contributed by atoms with van der Waals surface area (Å²) >= 11 is 6.62. The quantitative estimate of drug-likeness (QED) is 0.623. The molecule has 0 aromatic carbocycles. The van der Waals surface area contributed by atoms with E-state index in [4.69, 9.17) is 35.6 Å². The van der Waals surface area contributed by atoms with Crippen molar-refractivity contribution in [1.82, 2.24) is 9.55 Å². The number of phosphoric ester groups is 1. The molecule has 3 heterocycles. The van der Waals surface area contributed by atoms with Crippen LogP contribution >= 0.6 is 19.4 Å². The van der Waals surface area contributed by atoms with Crippen LogP contribution in [0.3, 0.4) is 0 Å². The summed E-state index contributed by atoms with van der Waals surface area (Å²) in [5.41, 5.74) is 4.89. The zero-order valence-electron chi connectivity index (χ0n) is 13.4. The average molecular weight is 380 g/mol. The first-order chi connectivity index (χ1) is 11.1. The van der Waals surface area contributed by atoms with Gasteiger partial charge in [0.15, 0.2) is 6.23 Å². The molecule has 0 amide bonds. The normalized spacial score (nSPS) is 39.1. The number of halogens is 1. The molecule has 2 N–H and O–H groups in total. The Hall–Kier alpha value is -0.960. The first-order valence-electron chi connectivity index (χ1n) is 7.43. The first-order valence-corrected chi connectivity index (χ1v) is 9.26. The van der Waals surface area contributed by atoms with Crippen molar-refractivity contribution >= 4 is 25.2 Å². The Kier molecular flexibility index (Phi) is 4.53. The molecule has 0 spiro atoms. The molecule has 2 saturated heterocycles. The number of nitrogen functional groups attached to an aromatic ring is 1. The summed E-state index contributed by atoms with van der Waals surface area (Å²) in [5, 5.41) is 0. The Morgan fingerprint density at radius 3 is 2.92 bits per heavy atom. The maximum atomic E-state index is 12.6. The smallest absolute Gasteiger partial charge is 0.383 e. The van der Waals surface area contributed by atoms with Gasteiger partial charge in [0.05, 0.1) is 12.7 Å². The van der Waals surface area contributed by atoms with Crippen LogP contribution in [-0.4, -0.2) is 39.3 Å². The molecule has 2 fully saturated rings. The summed E-state index contributed by atoms with van der Waals surface area (Å²) in [7, 11) is -3.74. The van der Waals surface area contributed by atoms with Gasteiger partial charge in [0.1, 0.15) is 22.9 Å². The Bertz CT molecular complexity index is 739. The number of ether oxygens (including phenoxy) is 1. The van der Waals surface area contributed by atoms with Crippen molar-refractivity contribution < 1.29 is 22.9 Å². The Labute approximate surface area is 143 Å². The zero-order valence-corrected chi connectivity index (χ0v) is 15.1. The number of fused-ring (bicyclic) bond motifs is 1. The molecule has 0 aliphatic carbocycles. The Morgan fingerprint density at radius 1 is 1.58 bits per heavy atom. The minimum Gasteiger partial charge on any atom is -0.383 e. The number of hydrogen-bond donors (Lipinski definition) is 1. The van der Waals surface area contributed by atoms with Gasteiger partial charge < -0.3 is 10.5 Å². The van der Waals surface area contributed by atoms with E-state index in [2.05, 4.69) is 4.98 Å². The molecule has 3 rings (SSSR count). The number of anilines is 1. The number of hydrogen-bond acceptors (Lipinski definition) is 8. The predicted molar refractivity (Wildman–Crippen MR) is 85.7 cm³/mol. The van der Waals surface area contributed by atoms with Gasteiger partial charge in [-0.05, 0) is 26.8 Å². The number of nitrogens with zero attached hydrogens (tertiary/aromatic N) is 2. The van der Waals surface area contributed by atoms with Crippen molar-refractivity contribution in [3.05, 3.63) is 22.7 Å². The first kappa shape index (κ1) is 17.8. The topological polar surface area (TPSA) is 115 Å². The molecule has 9 nitrogen and oxygen atoms in total. The van der Waals surface area contributed by atoms with E-state index in [0.29, 0.717) is 0 Å². The van der Waals surface area contributed by atoms with Crippen LogP contribution in [0.15, 0.2) is 17.1 Å². The van der Waals surface area contributed by atoms with Crippen LogP contribution < -0.4 is 11.4 Å². The highest BCUT2D eigenvalue weighted by atomic mass is 35.5. The summed E-state index contributed by atoms with van der Waals surface area (Å²) in [6.45, 7) is 5.04. The van der Waals surface area contributed by atoms with Gasteiger partial charge in [0.2, 0.25) is 0 Å². The molecular formula is C13H19ClN3O6P. The van der Waals surface area contributed by atoms with Crippen molar-refractivity contribution in [2.45, 2.75) is 50.2 Å². The molecule has 0 bridgehead atoms. The fourth-order valence-corrected chi connectivity index (χ4v) is 4.82. The van der Waals surface area contributed by atoms with Crippen molar-refractivity contribution in [3.63, 3.8) is 0 Å². The lowest BCUT2D eigenvalue weighted by Crippen LogP contribution is -2.45. The van der Waals surface area contributed by atoms with Crippen LogP contribution in [0.4, 0.5) is 5.82 Å². The van der Waals surface area contributed by atoms with E-state index in [9.17, 15) is 9.36 Å². The molecule has 1 aromatic heterocycles. The van der Waals surface area contributed by atoms with Crippen LogP contribution in [0.5, 0.6) is 0 Å². The number of alkyl halides is 1. The molecule has 1 aromatic rings. The average Bonchev–Trinajstić information content (AvgIpc) is 2.69. The van der Waals surface area contributed by atoms with E-state index >= 15 is 0 Å². The molecule has 24 heavy (non-hydrogen) atoms. The molecule has 5 atom stereocenters. The lowest BCUT2D eigenvalue weighted by atomic mass is 10.0. The summed E-state index contributed by atoms with van der Waals surface area (Å²) in [4.78, 5) is 14.6. The molecule has 11 heteroatoms. The second kappa shape index (κ2) is 6.09. The fourth-order valence-electron chi connectivity index (χ4n) is 2.76. The Morgan fingerprint density at radius 2 is 2.29 bits per heavy atom. The molecule has 2 aliphatic heterocycles. The fraction of sp³-hybridized carbons (Fsp3) is 0.692. The van der Waals surface area contributed by atoms with E-state index in [1.165, 1.54) is 16.8 Å². The van der Waals surface area contributed by atoms with Crippen LogP contribution in [0.1, 0.15) is 27.0 Å². The maximum Gasteiger partial charge on any atom is 0.475 e. The van der Waals surface area contributed by atoms with Crippen molar-refractivity contribution in [2.75, 3.05) is 12.3 Å². The van der Waals surface area contributed by atoms with E-state index in [1.807, 2.05) is 0 Å². The lowest BCUT2D eigenvalue weighted by Gasteiger charge is -2.35. The summed E-state index contributed by atoms with van der Waals surface area (Å²) < 4.78 is 35.6. The van der Waals surface area contributed by atoms with E-state index in [1.54, 1.807) is 20.8 Å². The van der Waals surface area contributed by atoms with Gasteiger partial charge in [-0.15, -0.1) is 11.6 Å². The molecule has 0 unspecified atom stereocenters.